The van der Waals surface area contributed by atoms with E-state index in [1.54, 1.807) is 0 Å². The van der Waals surface area contributed by atoms with Crippen LogP contribution in [0.3, 0.4) is 0 Å². The van der Waals surface area contributed by atoms with Crippen molar-refractivity contribution in [1.82, 2.24) is 15.3 Å². The molecule has 0 amide bonds. The number of nitrogens with zero attached hydrogens (tertiary/aromatic N) is 1. The molecule has 2 heterocycles. The lowest BCUT2D eigenvalue weighted by Crippen LogP contribution is -2.34. The van der Waals surface area contributed by atoms with Gasteiger partial charge in [0.2, 0.25) is 0 Å². The summed E-state index contributed by atoms with van der Waals surface area (Å²) in [4.78, 5) is 7.61. The molecular weight excluding hydrogens is 214 g/mol. The molecule has 1 saturated heterocycles. The smallest absolute Gasteiger partial charge is 0.121 e. The van der Waals surface area contributed by atoms with E-state index in [1.807, 2.05) is 25.1 Å². The van der Waals surface area contributed by atoms with Gasteiger partial charge in [0.15, 0.2) is 0 Å². The third-order valence-electron chi connectivity index (χ3n) is 3.16. The van der Waals surface area contributed by atoms with Gasteiger partial charge in [-0.05, 0) is 45.0 Å². The van der Waals surface area contributed by atoms with Gasteiger partial charge < -0.3 is 15.0 Å². The minimum atomic E-state index is 0.345. The second kappa shape index (κ2) is 4.37. The number of aromatic amines is 1. The third-order valence-corrected chi connectivity index (χ3v) is 3.16. The van der Waals surface area contributed by atoms with Gasteiger partial charge in [-0.1, -0.05) is 0 Å². The second-order valence-corrected chi connectivity index (χ2v) is 4.57. The van der Waals surface area contributed by atoms with Crippen LogP contribution in [-0.2, 0) is 0 Å². The second-order valence-electron chi connectivity index (χ2n) is 4.57. The van der Waals surface area contributed by atoms with Crippen molar-refractivity contribution in [1.29, 1.82) is 0 Å². The van der Waals surface area contributed by atoms with Crippen molar-refractivity contribution in [2.75, 3.05) is 13.1 Å². The van der Waals surface area contributed by atoms with E-state index in [1.165, 1.54) is 0 Å². The maximum absolute atomic E-state index is 5.98. The van der Waals surface area contributed by atoms with Gasteiger partial charge in [0.25, 0.3) is 0 Å². The molecule has 1 aliphatic rings. The molecular formula is C13H17N3O. The Kier molecular flexibility index (Phi) is 2.73. The first-order chi connectivity index (χ1) is 8.31. The van der Waals surface area contributed by atoms with E-state index < -0.39 is 0 Å². The molecule has 0 radical (unpaired) electrons. The summed E-state index contributed by atoms with van der Waals surface area (Å²) in [6.07, 6.45) is 2.51. The summed E-state index contributed by atoms with van der Waals surface area (Å²) in [5.41, 5.74) is 2.05. The predicted molar refractivity (Wildman–Crippen MR) is 67.4 cm³/mol. The molecule has 1 aromatic heterocycles. The van der Waals surface area contributed by atoms with Crippen molar-refractivity contribution in [3.05, 3.63) is 24.0 Å². The number of H-pyrrole nitrogens is 1. The van der Waals surface area contributed by atoms with Crippen LogP contribution in [0.5, 0.6) is 5.75 Å². The number of imidazole rings is 1. The zero-order chi connectivity index (χ0) is 11.7. The van der Waals surface area contributed by atoms with Crippen molar-refractivity contribution in [2.24, 2.45) is 0 Å². The zero-order valence-corrected chi connectivity index (χ0v) is 9.99. The largest absolute Gasteiger partial charge is 0.490 e. The highest BCUT2D eigenvalue weighted by Crippen LogP contribution is 2.21. The fourth-order valence-corrected chi connectivity index (χ4v) is 2.30. The van der Waals surface area contributed by atoms with Crippen molar-refractivity contribution in [3.63, 3.8) is 0 Å². The highest BCUT2D eigenvalue weighted by atomic mass is 16.5. The Balaban J connectivity index is 1.79. The van der Waals surface area contributed by atoms with Crippen LogP contribution in [0, 0.1) is 6.92 Å². The monoisotopic (exact) mass is 231 g/mol. The molecule has 0 spiro atoms. The van der Waals surface area contributed by atoms with E-state index in [0.29, 0.717) is 6.10 Å². The Morgan fingerprint density at radius 2 is 2.12 bits per heavy atom. The number of benzene rings is 1. The Labute approximate surface area is 100 Å². The summed E-state index contributed by atoms with van der Waals surface area (Å²) < 4.78 is 5.98. The highest BCUT2D eigenvalue weighted by molar-refractivity contribution is 5.76. The molecule has 2 aromatic rings. The standard InChI is InChI=1S/C13H17N3O/c1-9-15-12-3-2-11(8-13(12)16-9)17-10-4-6-14-7-5-10/h2-3,8,10,14H,4-7H2,1H3,(H,15,16). The maximum atomic E-state index is 5.98. The number of hydrogen-bond acceptors (Lipinski definition) is 3. The van der Waals surface area contributed by atoms with Gasteiger partial charge in [0.05, 0.1) is 11.0 Å². The molecule has 3 rings (SSSR count). The van der Waals surface area contributed by atoms with Crippen LogP contribution in [0.1, 0.15) is 18.7 Å². The van der Waals surface area contributed by atoms with Gasteiger partial charge in [0.1, 0.15) is 17.7 Å². The number of piperidine rings is 1. The van der Waals surface area contributed by atoms with Gasteiger partial charge in [-0.2, -0.15) is 0 Å². The molecule has 0 aliphatic carbocycles. The van der Waals surface area contributed by atoms with E-state index >= 15 is 0 Å². The first kappa shape index (κ1) is 10.6. The minimum Gasteiger partial charge on any atom is -0.490 e. The number of nitrogens with one attached hydrogen (secondary N) is 2. The number of aryl methyl sites for hydroxylation is 1. The minimum absolute atomic E-state index is 0.345. The molecule has 0 unspecified atom stereocenters. The van der Waals surface area contributed by atoms with Crippen LogP contribution in [-0.4, -0.2) is 29.2 Å². The average molecular weight is 231 g/mol. The Hall–Kier alpha value is -1.55. The van der Waals surface area contributed by atoms with Crippen molar-refractivity contribution >= 4 is 11.0 Å². The average Bonchev–Trinajstić information content (AvgIpc) is 2.70. The number of hydrogen-bond donors (Lipinski definition) is 2. The van der Waals surface area contributed by atoms with Crippen LogP contribution in [0.2, 0.25) is 0 Å². The topological polar surface area (TPSA) is 49.9 Å². The van der Waals surface area contributed by atoms with Crippen molar-refractivity contribution < 1.29 is 4.74 Å². The molecule has 0 atom stereocenters. The molecule has 0 saturated carbocycles. The van der Waals surface area contributed by atoms with Crippen molar-refractivity contribution in [3.8, 4) is 5.75 Å². The van der Waals surface area contributed by atoms with E-state index in [4.69, 9.17) is 4.74 Å². The molecule has 2 N–H and O–H groups in total. The van der Waals surface area contributed by atoms with E-state index in [0.717, 1.165) is 48.5 Å². The first-order valence-corrected chi connectivity index (χ1v) is 6.15. The Bertz CT molecular complexity index is 514. The van der Waals surface area contributed by atoms with Gasteiger partial charge in [-0.3, -0.25) is 0 Å². The summed E-state index contributed by atoms with van der Waals surface area (Å²) >= 11 is 0. The lowest BCUT2D eigenvalue weighted by molar-refractivity contribution is 0.162. The summed E-state index contributed by atoms with van der Waals surface area (Å²) in [5.74, 6) is 1.88. The molecule has 1 aliphatic heterocycles. The summed E-state index contributed by atoms with van der Waals surface area (Å²) in [6.45, 7) is 4.07. The van der Waals surface area contributed by atoms with Crippen LogP contribution >= 0.6 is 0 Å². The van der Waals surface area contributed by atoms with E-state index in [-0.39, 0.29) is 0 Å². The first-order valence-electron chi connectivity index (χ1n) is 6.15. The van der Waals surface area contributed by atoms with Gasteiger partial charge >= 0.3 is 0 Å². The fourth-order valence-electron chi connectivity index (χ4n) is 2.30. The quantitative estimate of drug-likeness (QED) is 0.831. The summed E-state index contributed by atoms with van der Waals surface area (Å²) in [6, 6.07) is 6.05. The summed E-state index contributed by atoms with van der Waals surface area (Å²) in [7, 11) is 0. The number of ether oxygens (including phenoxy) is 1. The lowest BCUT2D eigenvalue weighted by Gasteiger charge is -2.23. The molecule has 4 nitrogen and oxygen atoms in total. The predicted octanol–water partition coefficient (Wildman–Crippen LogP) is 2.00. The maximum Gasteiger partial charge on any atom is 0.121 e. The molecule has 4 heteroatoms. The molecule has 17 heavy (non-hydrogen) atoms. The van der Waals surface area contributed by atoms with Gasteiger partial charge in [-0.25, -0.2) is 4.98 Å². The SMILES string of the molecule is Cc1nc2ccc(OC3CCNCC3)cc2[nH]1. The molecule has 0 bridgehead atoms. The fraction of sp³-hybridized carbons (Fsp3) is 0.462. The number of aromatic nitrogens is 2. The van der Waals surface area contributed by atoms with E-state index in [2.05, 4.69) is 15.3 Å². The number of fused-ring (bicyclic) bond motifs is 1. The third kappa shape index (κ3) is 2.26. The lowest BCUT2D eigenvalue weighted by atomic mass is 10.1. The Morgan fingerprint density at radius 1 is 1.29 bits per heavy atom. The zero-order valence-electron chi connectivity index (χ0n) is 9.99. The van der Waals surface area contributed by atoms with Gasteiger partial charge in [-0.15, -0.1) is 0 Å². The Morgan fingerprint density at radius 3 is 2.94 bits per heavy atom. The van der Waals surface area contributed by atoms with Gasteiger partial charge in [0, 0.05) is 6.07 Å². The van der Waals surface area contributed by atoms with Crippen LogP contribution < -0.4 is 10.1 Å². The van der Waals surface area contributed by atoms with E-state index in [9.17, 15) is 0 Å². The molecule has 1 fully saturated rings. The van der Waals surface area contributed by atoms with Crippen molar-refractivity contribution in [2.45, 2.75) is 25.9 Å². The normalized spacial score (nSPS) is 17.5. The molecule has 1 aromatic carbocycles. The summed E-state index contributed by atoms with van der Waals surface area (Å²) in [5, 5.41) is 3.34. The highest BCUT2D eigenvalue weighted by Gasteiger charge is 2.14. The molecule has 90 valence electrons. The van der Waals surface area contributed by atoms with Crippen LogP contribution in [0.25, 0.3) is 11.0 Å². The van der Waals surface area contributed by atoms with Crippen LogP contribution in [0.15, 0.2) is 18.2 Å². The van der Waals surface area contributed by atoms with Crippen LogP contribution in [0.4, 0.5) is 0 Å². The number of rotatable bonds is 2.